The quantitative estimate of drug-likeness (QED) is 0.835. The van der Waals surface area contributed by atoms with Crippen molar-refractivity contribution in [3.8, 4) is 5.75 Å². The standard InChI is InChI=1S/C17H20N2OS/c1-12-6-4-5-7-16(12)13(2)18-17(21)19-14-8-10-15(20-3)11-9-14/h4-11,13H,1-3H3,(H2,18,19,21)/t13-/m1/s1. The predicted molar refractivity (Wildman–Crippen MR) is 91.9 cm³/mol. The van der Waals surface area contributed by atoms with Crippen molar-refractivity contribution in [2.75, 3.05) is 12.4 Å². The van der Waals surface area contributed by atoms with E-state index in [1.807, 2.05) is 36.4 Å². The Hall–Kier alpha value is -2.07. The lowest BCUT2D eigenvalue weighted by molar-refractivity contribution is 0.415. The zero-order valence-electron chi connectivity index (χ0n) is 12.5. The van der Waals surface area contributed by atoms with E-state index in [2.05, 4.69) is 36.6 Å². The number of aryl methyl sites for hydroxylation is 1. The van der Waals surface area contributed by atoms with E-state index < -0.39 is 0 Å². The number of hydrogen-bond acceptors (Lipinski definition) is 2. The molecule has 0 aliphatic rings. The third-order valence-corrected chi connectivity index (χ3v) is 3.57. The summed E-state index contributed by atoms with van der Waals surface area (Å²) in [4.78, 5) is 0. The molecule has 0 aliphatic heterocycles. The molecule has 2 rings (SSSR count). The lowest BCUT2D eigenvalue weighted by Crippen LogP contribution is -2.31. The highest BCUT2D eigenvalue weighted by Crippen LogP contribution is 2.18. The van der Waals surface area contributed by atoms with E-state index in [1.165, 1.54) is 11.1 Å². The molecule has 2 aromatic carbocycles. The SMILES string of the molecule is COc1ccc(NC(=S)N[C@H](C)c2ccccc2C)cc1. The minimum atomic E-state index is 0.157. The van der Waals surface area contributed by atoms with Crippen LogP contribution in [-0.4, -0.2) is 12.2 Å². The van der Waals surface area contributed by atoms with E-state index >= 15 is 0 Å². The largest absolute Gasteiger partial charge is 0.497 e. The van der Waals surface area contributed by atoms with Gasteiger partial charge in [0.25, 0.3) is 0 Å². The molecule has 2 N–H and O–H groups in total. The van der Waals surface area contributed by atoms with Crippen molar-refractivity contribution in [3.63, 3.8) is 0 Å². The summed E-state index contributed by atoms with van der Waals surface area (Å²) in [5.41, 5.74) is 3.44. The summed E-state index contributed by atoms with van der Waals surface area (Å²) in [5.74, 6) is 0.827. The molecular weight excluding hydrogens is 280 g/mol. The number of ether oxygens (including phenoxy) is 1. The number of nitrogens with one attached hydrogen (secondary N) is 2. The minimum Gasteiger partial charge on any atom is -0.497 e. The third-order valence-electron chi connectivity index (χ3n) is 3.35. The van der Waals surface area contributed by atoms with E-state index in [0.717, 1.165) is 11.4 Å². The molecule has 3 nitrogen and oxygen atoms in total. The average molecular weight is 300 g/mol. The minimum absolute atomic E-state index is 0.157. The van der Waals surface area contributed by atoms with Crippen LogP contribution in [0.5, 0.6) is 5.75 Å². The van der Waals surface area contributed by atoms with Gasteiger partial charge < -0.3 is 15.4 Å². The molecule has 21 heavy (non-hydrogen) atoms. The molecule has 0 heterocycles. The molecule has 0 spiro atoms. The van der Waals surface area contributed by atoms with Crippen molar-refractivity contribution in [3.05, 3.63) is 59.7 Å². The Bertz CT molecular complexity index is 610. The Kier molecular flexibility index (Phi) is 5.17. The summed E-state index contributed by atoms with van der Waals surface area (Å²) in [5, 5.41) is 7.09. The van der Waals surface area contributed by atoms with Gasteiger partial charge in [0, 0.05) is 5.69 Å². The van der Waals surface area contributed by atoms with Gasteiger partial charge in [-0.15, -0.1) is 0 Å². The van der Waals surface area contributed by atoms with Crippen LogP contribution in [0.2, 0.25) is 0 Å². The van der Waals surface area contributed by atoms with Gasteiger partial charge in [-0.3, -0.25) is 0 Å². The Labute approximate surface area is 131 Å². The third kappa shape index (κ3) is 4.20. The molecule has 0 saturated heterocycles. The van der Waals surface area contributed by atoms with Crippen molar-refractivity contribution in [2.45, 2.75) is 19.9 Å². The van der Waals surface area contributed by atoms with Gasteiger partial charge in [-0.1, -0.05) is 24.3 Å². The first kappa shape index (κ1) is 15.3. The van der Waals surface area contributed by atoms with E-state index in [4.69, 9.17) is 17.0 Å². The fourth-order valence-electron chi connectivity index (χ4n) is 2.19. The summed E-state index contributed by atoms with van der Waals surface area (Å²) < 4.78 is 5.13. The van der Waals surface area contributed by atoms with Crippen LogP contribution in [0.4, 0.5) is 5.69 Å². The topological polar surface area (TPSA) is 33.3 Å². The predicted octanol–water partition coefficient (Wildman–Crippen LogP) is 4.05. The van der Waals surface area contributed by atoms with Gasteiger partial charge in [0.1, 0.15) is 5.75 Å². The van der Waals surface area contributed by atoms with E-state index in [1.54, 1.807) is 7.11 Å². The number of thiocarbonyl (C=S) groups is 1. The first-order chi connectivity index (χ1) is 10.1. The normalized spacial score (nSPS) is 11.6. The molecule has 0 radical (unpaired) electrons. The summed E-state index contributed by atoms with van der Waals surface area (Å²) in [6, 6.07) is 16.1. The highest BCUT2D eigenvalue weighted by atomic mass is 32.1. The second kappa shape index (κ2) is 7.09. The molecule has 0 bridgehead atoms. The highest BCUT2D eigenvalue weighted by molar-refractivity contribution is 7.80. The molecule has 0 unspecified atom stereocenters. The molecule has 0 amide bonds. The Morgan fingerprint density at radius 1 is 1.10 bits per heavy atom. The first-order valence-corrected chi connectivity index (χ1v) is 7.28. The van der Waals surface area contributed by atoms with Crippen LogP contribution in [0.15, 0.2) is 48.5 Å². The monoisotopic (exact) mass is 300 g/mol. The molecule has 1 atom stereocenters. The summed E-state index contributed by atoms with van der Waals surface area (Å²) in [6.45, 7) is 4.21. The van der Waals surface area contributed by atoms with Crippen LogP contribution < -0.4 is 15.4 Å². The van der Waals surface area contributed by atoms with Crippen molar-refractivity contribution < 1.29 is 4.74 Å². The maximum Gasteiger partial charge on any atom is 0.171 e. The number of rotatable bonds is 4. The van der Waals surface area contributed by atoms with Crippen molar-refractivity contribution in [2.24, 2.45) is 0 Å². The molecule has 0 aromatic heterocycles. The van der Waals surface area contributed by atoms with E-state index in [9.17, 15) is 0 Å². The second-order valence-corrected chi connectivity index (χ2v) is 5.31. The van der Waals surface area contributed by atoms with Crippen LogP contribution in [0.25, 0.3) is 0 Å². The molecule has 110 valence electrons. The molecule has 0 saturated carbocycles. The number of benzene rings is 2. The number of anilines is 1. The summed E-state index contributed by atoms with van der Waals surface area (Å²) in [6.07, 6.45) is 0. The van der Waals surface area contributed by atoms with Gasteiger partial charge in [-0.25, -0.2) is 0 Å². The fraction of sp³-hybridized carbons (Fsp3) is 0.235. The molecule has 0 aliphatic carbocycles. The van der Waals surface area contributed by atoms with Crippen molar-refractivity contribution in [1.82, 2.24) is 5.32 Å². The van der Waals surface area contributed by atoms with E-state index in [-0.39, 0.29) is 6.04 Å². The second-order valence-electron chi connectivity index (χ2n) is 4.91. The number of methoxy groups -OCH3 is 1. The zero-order chi connectivity index (χ0) is 15.2. The van der Waals surface area contributed by atoms with Crippen molar-refractivity contribution in [1.29, 1.82) is 0 Å². The van der Waals surface area contributed by atoms with Gasteiger partial charge in [-0.05, 0) is 61.5 Å². The van der Waals surface area contributed by atoms with E-state index in [0.29, 0.717) is 5.11 Å². The Morgan fingerprint density at radius 3 is 2.38 bits per heavy atom. The lowest BCUT2D eigenvalue weighted by atomic mass is 10.0. The van der Waals surface area contributed by atoms with Gasteiger partial charge in [0.05, 0.1) is 13.2 Å². The maximum atomic E-state index is 5.36. The first-order valence-electron chi connectivity index (χ1n) is 6.87. The van der Waals surface area contributed by atoms with Gasteiger partial charge in [0.15, 0.2) is 5.11 Å². The smallest absolute Gasteiger partial charge is 0.171 e. The fourth-order valence-corrected chi connectivity index (χ4v) is 2.48. The van der Waals surface area contributed by atoms with Crippen LogP contribution in [0.1, 0.15) is 24.1 Å². The zero-order valence-corrected chi connectivity index (χ0v) is 13.3. The van der Waals surface area contributed by atoms with Crippen molar-refractivity contribution >= 4 is 23.0 Å². The number of hydrogen-bond donors (Lipinski definition) is 2. The molecule has 4 heteroatoms. The maximum absolute atomic E-state index is 5.36. The van der Waals surface area contributed by atoms with Crippen LogP contribution in [0, 0.1) is 6.92 Å². The van der Waals surface area contributed by atoms with Crippen LogP contribution >= 0.6 is 12.2 Å². The summed E-state index contributed by atoms with van der Waals surface area (Å²) in [7, 11) is 1.65. The summed E-state index contributed by atoms with van der Waals surface area (Å²) >= 11 is 5.36. The lowest BCUT2D eigenvalue weighted by Gasteiger charge is -2.19. The van der Waals surface area contributed by atoms with Gasteiger partial charge >= 0.3 is 0 Å². The van der Waals surface area contributed by atoms with Crippen LogP contribution in [0.3, 0.4) is 0 Å². The van der Waals surface area contributed by atoms with Gasteiger partial charge in [0.2, 0.25) is 0 Å². The molecular formula is C17H20N2OS. The van der Waals surface area contributed by atoms with Crippen LogP contribution in [-0.2, 0) is 0 Å². The molecule has 2 aromatic rings. The highest BCUT2D eigenvalue weighted by Gasteiger charge is 2.09. The Morgan fingerprint density at radius 2 is 1.76 bits per heavy atom. The Balaban J connectivity index is 1.96. The molecule has 0 fully saturated rings. The average Bonchev–Trinajstić information content (AvgIpc) is 2.48. The van der Waals surface area contributed by atoms with Gasteiger partial charge in [-0.2, -0.15) is 0 Å².